The van der Waals surface area contributed by atoms with Gasteiger partial charge in [-0.3, -0.25) is 13.9 Å². The van der Waals surface area contributed by atoms with Gasteiger partial charge in [-0.2, -0.15) is 15.1 Å². The van der Waals surface area contributed by atoms with E-state index in [-0.39, 0.29) is 17.3 Å². The molecule has 2 fully saturated rings. The van der Waals surface area contributed by atoms with Gasteiger partial charge < -0.3 is 29.7 Å². The van der Waals surface area contributed by atoms with Gasteiger partial charge in [0.1, 0.15) is 24.0 Å². The Kier molecular flexibility index (Phi) is 8.65. The van der Waals surface area contributed by atoms with Gasteiger partial charge in [0.2, 0.25) is 5.95 Å². The number of benzene rings is 1. The Morgan fingerprint density at radius 2 is 2.00 bits per heavy atom. The second-order valence-electron chi connectivity index (χ2n) is 11.2. The molecule has 1 aliphatic carbocycles. The smallest absolute Gasteiger partial charge is 0.459 e. The highest BCUT2D eigenvalue weighted by Gasteiger charge is 2.56. The van der Waals surface area contributed by atoms with Crippen LogP contribution in [0.1, 0.15) is 46.8 Å². The summed E-state index contributed by atoms with van der Waals surface area (Å²) in [5.74, 6) is 0.00539. The van der Waals surface area contributed by atoms with Crippen molar-refractivity contribution in [1.29, 1.82) is 0 Å². The molecule has 14 nitrogen and oxygen atoms in total. The van der Waals surface area contributed by atoms with E-state index < -0.39 is 56.6 Å². The second-order valence-corrected chi connectivity index (χ2v) is 12.9. The number of halogens is 1. The quantitative estimate of drug-likeness (QED) is 0.199. The van der Waals surface area contributed by atoms with Gasteiger partial charge >= 0.3 is 13.7 Å². The van der Waals surface area contributed by atoms with Gasteiger partial charge in [-0.25, -0.2) is 13.9 Å². The van der Waals surface area contributed by atoms with Crippen molar-refractivity contribution in [3.8, 4) is 5.75 Å². The van der Waals surface area contributed by atoms with Gasteiger partial charge in [0.25, 0.3) is 0 Å². The zero-order valence-electron chi connectivity index (χ0n) is 24.6. The van der Waals surface area contributed by atoms with Crippen molar-refractivity contribution in [3.05, 3.63) is 36.7 Å². The largest absolute Gasteiger partial charge is 0.462 e. The molecule has 2 aromatic heterocycles. The van der Waals surface area contributed by atoms with Crippen molar-refractivity contribution in [2.45, 2.75) is 82.8 Å². The van der Waals surface area contributed by atoms with Gasteiger partial charge in [-0.05, 0) is 52.7 Å². The van der Waals surface area contributed by atoms with E-state index in [0.717, 1.165) is 12.8 Å². The van der Waals surface area contributed by atoms with Crippen LogP contribution in [0.4, 0.5) is 16.2 Å². The maximum absolute atomic E-state index is 16.2. The fraction of sp³-hybridized carbons (Fsp3) is 0.556. The summed E-state index contributed by atoms with van der Waals surface area (Å²) >= 11 is 0. The number of nitrogen functional groups attached to an aromatic ring is 1. The van der Waals surface area contributed by atoms with E-state index in [2.05, 4.69) is 20.0 Å². The summed E-state index contributed by atoms with van der Waals surface area (Å²) in [6.07, 6.45) is -1.43. The van der Waals surface area contributed by atoms with E-state index in [0.29, 0.717) is 17.4 Å². The number of para-hydroxylation sites is 1. The van der Waals surface area contributed by atoms with Crippen molar-refractivity contribution in [2.75, 3.05) is 24.3 Å². The third-order valence-corrected chi connectivity index (χ3v) is 8.90. The molecule has 0 bridgehead atoms. The number of nitrogens with two attached hydrogens (primary N) is 1. The van der Waals surface area contributed by atoms with Crippen LogP contribution in [0.5, 0.6) is 5.75 Å². The molecule has 0 unspecified atom stereocenters. The lowest BCUT2D eigenvalue weighted by molar-refractivity contribution is -0.149. The van der Waals surface area contributed by atoms with Crippen molar-refractivity contribution >= 4 is 36.6 Å². The fourth-order valence-corrected chi connectivity index (χ4v) is 6.33. The number of ether oxygens (including phenoxy) is 2. The van der Waals surface area contributed by atoms with Crippen molar-refractivity contribution < 1.29 is 37.4 Å². The van der Waals surface area contributed by atoms with Gasteiger partial charge in [0.15, 0.2) is 28.9 Å². The standard InChI is InChI=1S/C27H37FN7O7P/c1-15(2)40-24(37)16(3)33-43(38,42-18-9-7-6-8-10-18)39-13-19-21(36)27(4,28)25(41-19)35-14-30-20-22(34(5)17-11-12-17)31-26(29)32-23(20)35/h6-10,14-17,19,21,25,36H,11-13H2,1-5H3,(H,33,38)(H2,29,31,32)/t16-,19-,21-,25-,27-,43+/m1/s1. The van der Waals surface area contributed by atoms with Crippen molar-refractivity contribution in [2.24, 2.45) is 0 Å². The van der Waals surface area contributed by atoms with E-state index in [9.17, 15) is 14.5 Å². The molecule has 234 valence electrons. The molecular formula is C27H37FN7O7P. The molecule has 1 saturated heterocycles. The molecule has 6 atom stereocenters. The number of aliphatic hydroxyl groups is 1. The maximum Gasteiger partial charge on any atom is 0.459 e. The summed E-state index contributed by atoms with van der Waals surface area (Å²) in [4.78, 5) is 27.4. The number of esters is 1. The number of fused-ring (bicyclic) bond motifs is 1. The number of anilines is 2. The van der Waals surface area contributed by atoms with Gasteiger partial charge in [-0.1, -0.05) is 18.2 Å². The lowest BCUT2D eigenvalue weighted by Gasteiger charge is -2.25. The molecule has 0 radical (unpaired) electrons. The van der Waals surface area contributed by atoms with Gasteiger partial charge in [-0.15, -0.1) is 0 Å². The number of alkyl halides is 1. The van der Waals surface area contributed by atoms with Crippen LogP contribution in [0, 0.1) is 0 Å². The Morgan fingerprint density at radius 3 is 2.65 bits per heavy atom. The summed E-state index contributed by atoms with van der Waals surface area (Å²) in [5.41, 5.74) is 4.29. The average Bonchev–Trinajstić information content (AvgIpc) is 3.67. The summed E-state index contributed by atoms with van der Waals surface area (Å²) in [6, 6.07) is 7.39. The predicted molar refractivity (Wildman–Crippen MR) is 155 cm³/mol. The summed E-state index contributed by atoms with van der Waals surface area (Å²) in [5, 5.41) is 13.5. The van der Waals surface area contributed by atoms with Crippen LogP contribution in [0.2, 0.25) is 0 Å². The fourth-order valence-electron chi connectivity index (χ4n) is 4.83. The molecule has 0 amide bonds. The Balaban J connectivity index is 1.37. The summed E-state index contributed by atoms with van der Waals surface area (Å²) in [7, 11) is -2.41. The molecule has 3 aromatic rings. The first-order valence-corrected chi connectivity index (χ1v) is 15.6. The molecule has 16 heteroatoms. The number of nitrogens with one attached hydrogen (secondary N) is 1. The molecule has 4 N–H and O–H groups in total. The highest BCUT2D eigenvalue weighted by atomic mass is 31.2. The summed E-state index contributed by atoms with van der Waals surface area (Å²) < 4.78 is 53.8. The highest BCUT2D eigenvalue weighted by Crippen LogP contribution is 2.48. The number of carbonyl (C=O) groups is 1. The van der Waals surface area contributed by atoms with Crippen LogP contribution in [-0.4, -0.2) is 80.3 Å². The molecule has 3 heterocycles. The highest BCUT2D eigenvalue weighted by molar-refractivity contribution is 7.52. The topological polar surface area (TPSA) is 176 Å². The minimum Gasteiger partial charge on any atom is -0.462 e. The molecule has 1 saturated carbocycles. The lowest BCUT2D eigenvalue weighted by atomic mass is 9.98. The van der Waals surface area contributed by atoms with Crippen LogP contribution < -0.4 is 20.2 Å². The SMILES string of the molecule is CC(C)OC(=O)[C@@H](C)N[P@](=O)(OC[C@H]1O[C@@H](n2cnc3c(N(C)C4CC4)nc(N)nc32)[C@](C)(F)[C@@H]1O)Oc1ccccc1. The predicted octanol–water partition coefficient (Wildman–Crippen LogP) is 3.13. The number of hydrogen-bond acceptors (Lipinski definition) is 12. The maximum atomic E-state index is 16.2. The zero-order valence-corrected chi connectivity index (χ0v) is 25.5. The first kappa shape index (κ1) is 31.1. The van der Waals surface area contributed by atoms with E-state index in [1.807, 2.05) is 11.9 Å². The third kappa shape index (κ3) is 6.60. The number of nitrogens with zero attached hydrogens (tertiary/aromatic N) is 5. The van der Waals surface area contributed by atoms with E-state index in [1.54, 1.807) is 44.2 Å². The molecule has 1 aliphatic heterocycles. The minimum absolute atomic E-state index is 0.0223. The molecule has 5 rings (SSSR count). The van der Waals surface area contributed by atoms with Crippen LogP contribution in [0.3, 0.4) is 0 Å². The van der Waals surface area contributed by atoms with Crippen molar-refractivity contribution in [3.63, 3.8) is 0 Å². The Labute approximate surface area is 248 Å². The summed E-state index contributed by atoms with van der Waals surface area (Å²) in [6.45, 7) is 5.43. The van der Waals surface area contributed by atoms with E-state index in [1.165, 1.54) is 24.7 Å². The third-order valence-electron chi connectivity index (χ3n) is 7.25. The molecule has 43 heavy (non-hydrogen) atoms. The molecule has 0 spiro atoms. The molecular weight excluding hydrogens is 584 g/mol. The van der Waals surface area contributed by atoms with E-state index in [4.69, 9.17) is 24.3 Å². The monoisotopic (exact) mass is 621 g/mol. The lowest BCUT2D eigenvalue weighted by Crippen LogP contribution is -2.41. The van der Waals surface area contributed by atoms with E-state index >= 15 is 4.39 Å². The van der Waals surface area contributed by atoms with Crippen LogP contribution in [0.25, 0.3) is 11.2 Å². The van der Waals surface area contributed by atoms with Gasteiger partial charge in [0.05, 0.1) is 19.0 Å². The van der Waals surface area contributed by atoms with Crippen molar-refractivity contribution in [1.82, 2.24) is 24.6 Å². The average molecular weight is 622 g/mol. The first-order chi connectivity index (χ1) is 20.3. The normalized spacial score (nSPS) is 25.9. The molecule has 1 aromatic carbocycles. The Hall–Kier alpha value is -3.36. The number of aromatic nitrogens is 4. The Bertz CT molecular complexity index is 1500. The Morgan fingerprint density at radius 1 is 1.30 bits per heavy atom. The first-order valence-electron chi connectivity index (χ1n) is 14.0. The number of carbonyl (C=O) groups excluding carboxylic acids is 1. The number of hydrogen-bond donors (Lipinski definition) is 3. The number of aliphatic hydroxyl groups excluding tert-OH is 1. The van der Waals surface area contributed by atoms with Gasteiger partial charge in [0, 0.05) is 13.1 Å². The molecule has 2 aliphatic rings. The number of imidazole rings is 1. The second kappa shape index (κ2) is 12.0. The minimum atomic E-state index is -4.29. The number of rotatable bonds is 12. The van der Waals surface area contributed by atoms with Crippen LogP contribution >= 0.6 is 7.75 Å². The van der Waals surface area contributed by atoms with Crippen LogP contribution in [0.15, 0.2) is 36.7 Å². The van der Waals surface area contributed by atoms with Crippen LogP contribution in [-0.2, 0) is 23.4 Å². The zero-order chi connectivity index (χ0) is 31.1.